The standard InChI is InChI=1S/C27H32N6O3/c1-36-22-9-7-21(8-10-22)32-13-11-23-25(27(32)35)33(29-26(23)28)14-12-24(34)31-17-15-30(16-18-31)19-20-5-3-2-4-6-20/h2-10H,11-19H2,1H3,(H2,28,29). The lowest BCUT2D eigenvalue weighted by Crippen LogP contribution is -2.48. The maximum absolute atomic E-state index is 13.4. The number of nitrogen functional groups attached to an aromatic ring is 1. The molecule has 36 heavy (non-hydrogen) atoms. The van der Waals surface area contributed by atoms with E-state index in [1.165, 1.54) is 5.56 Å². The Bertz CT molecular complexity index is 1220. The van der Waals surface area contributed by atoms with Crippen LogP contribution < -0.4 is 15.4 Å². The summed E-state index contributed by atoms with van der Waals surface area (Å²) in [5.41, 5.74) is 9.48. The number of nitrogens with zero attached hydrogens (tertiary/aromatic N) is 5. The Balaban J connectivity index is 1.20. The normalized spacial score (nSPS) is 16.2. The predicted octanol–water partition coefficient (Wildman–Crippen LogP) is 2.41. The molecule has 9 heteroatoms. The average molecular weight is 489 g/mol. The summed E-state index contributed by atoms with van der Waals surface area (Å²) in [6, 6.07) is 17.8. The molecule has 2 aliphatic rings. The molecular weight excluding hydrogens is 456 g/mol. The molecule has 0 unspecified atom stereocenters. The highest BCUT2D eigenvalue weighted by molar-refractivity contribution is 6.07. The Hall–Kier alpha value is -3.85. The summed E-state index contributed by atoms with van der Waals surface area (Å²) in [4.78, 5) is 32.4. The van der Waals surface area contributed by atoms with E-state index in [0.717, 1.165) is 36.6 Å². The van der Waals surface area contributed by atoms with E-state index in [1.54, 1.807) is 16.7 Å². The largest absolute Gasteiger partial charge is 0.497 e. The zero-order valence-electron chi connectivity index (χ0n) is 20.6. The minimum Gasteiger partial charge on any atom is -0.497 e. The molecule has 0 bridgehead atoms. The SMILES string of the molecule is COc1ccc(N2CCc3c(N)nn(CCC(=O)N4CCN(Cc5ccccc5)CC4)c3C2=O)cc1. The van der Waals surface area contributed by atoms with E-state index in [1.807, 2.05) is 35.2 Å². The Morgan fingerprint density at radius 1 is 1.00 bits per heavy atom. The maximum Gasteiger partial charge on any atom is 0.276 e. The van der Waals surface area contributed by atoms with Gasteiger partial charge in [-0.05, 0) is 36.2 Å². The van der Waals surface area contributed by atoms with Crippen LogP contribution in [-0.2, 0) is 24.3 Å². The Morgan fingerprint density at radius 3 is 2.42 bits per heavy atom. The summed E-state index contributed by atoms with van der Waals surface area (Å²) in [7, 11) is 1.61. The Kier molecular flexibility index (Phi) is 6.90. The number of ether oxygens (including phenoxy) is 1. The number of aryl methyl sites for hydroxylation is 1. The van der Waals surface area contributed by atoms with Gasteiger partial charge in [0.15, 0.2) is 0 Å². The molecule has 188 valence electrons. The summed E-state index contributed by atoms with van der Waals surface area (Å²) >= 11 is 0. The molecule has 0 spiro atoms. The zero-order chi connectivity index (χ0) is 25.1. The smallest absolute Gasteiger partial charge is 0.276 e. The molecular formula is C27H32N6O3. The van der Waals surface area contributed by atoms with Crippen molar-refractivity contribution in [3.05, 3.63) is 71.4 Å². The van der Waals surface area contributed by atoms with Gasteiger partial charge in [0, 0.05) is 56.9 Å². The number of aromatic nitrogens is 2. The van der Waals surface area contributed by atoms with Gasteiger partial charge in [0.25, 0.3) is 5.91 Å². The minimum absolute atomic E-state index is 0.0763. The van der Waals surface area contributed by atoms with E-state index in [-0.39, 0.29) is 18.2 Å². The first kappa shape index (κ1) is 23.9. The van der Waals surface area contributed by atoms with Crippen molar-refractivity contribution in [1.29, 1.82) is 0 Å². The summed E-state index contributed by atoms with van der Waals surface area (Å²) in [5, 5.41) is 4.42. The molecule has 0 atom stereocenters. The maximum atomic E-state index is 13.4. The first-order chi connectivity index (χ1) is 17.5. The number of methoxy groups -OCH3 is 1. The molecule has 0 aliphatic carbocycles. The number of hydrogen-bond acceptors (Lipinski definition) is 6. The van der Waals surface area contributed by atoms with Crippen molar-refractivity contribution in [2.24, 2.45) is 0 Å². The van der Waals surface area contributed by atoms with Crippen LogP contribution in [0.2, 0.25) is 0 Å². The van der Waals surface area contributed by atoms with Crippen molar-refractivity contribution in [1.82, 2.24) is 19.6 Å². The number of carbonyl (C=O) groups excluding carboxylic acids is 2. The summed E-state index contributed by atoms with van der Waals surface area (Å²) in [5.74, 6) is 1.03. The molecule has 2 aliphatic heterocycles. The number of anilines is 2. The molecule has 1 aromatic heterocycles. The summed E-state index contributed by atoms with van der Waals surface area (Å²) in [6.07, 6.45) is 0.901. The van der Waals surface area contributed by atoms with Crippen molar-refractivity contribution in [3.63, 3.8) is 0 Å². The monoisotopic (exact) mass is 488 g/mol. The fourth-order valence-electron chi connectivity index (χ4n) is 4.98. The topological polar surface area (TPSA) is 96.9 Å². The van der Waals surface area contributed by atoms with Gasteiger partial charge in [0.05, 0.1) is 13.7 Å². The first-order valence-electron chi connectivity index (χ1n) is 12.4. The van der Waals surface area contributed by atoms with Crippen LogP contribution >= 0.6 is 0 Å². The second-order valence-corrected chi connectivity index (χ2v) is 9.23. The van der Waals surface area contributed by atoms with Crippen molar-refractivity contribution in [2.45, 2.75) is 25.9 Å². The third-order valence-electron chi connectivity index (χ3n) is 7.01. The molecule has 2 amide bonds. The molecule has 1 fully saturated rings. The summed E-state index contributed by atoms with van der Waals surface area (Å²) in [6.45, 7) is 4.85. The minimum atomic E-state index is -0.146. The molecule has 1 saturated heterocycles. The number of amides is 2. The van der Waals surface area contributed by atoms with Gasteiger partial charge >= 0.3 is 0 Å². The Morgan fingerprint density at radius 2 is 1.72 bits per heavy atom. The number of nitrogens with two attached hydrogens (primary N) is 1. The fourth-order valence-corrected chi connectivity index (χ4v) is 4.98. The van der Waals surface area contributed by atoms with E-state index >= 15 is 0 Å². The molecule has 3 heterocycles. The second kappa shape index (κ2) is 10.4. The quantitative estimate of drug-likeness (QED) is 0.549. The Labute approximate surface area is 211 Å². The van der Waals surface area contributed by atoms with Crippen LogP contribution in [0.25, 0.3) is 0 Å². The number of piperazine rings is 1. The van der Waals surface area contributed by atoms with Gasteiger partial charge in [-0.3, -0.25) is 19.2 Å². The van der Waals surface area contributed by atoms with E-state index < -0.39 is 0 Å². The highest BCUT2D eigenvalue weighted by atomic mass is 16.5. The lowest BCUT2D eigenvalue weighted by atomic mass is 10.0. The molecule has 0 saturated carbocycles. The third-order valence-corrected chi connectivity index (χ3v) is 7.01. The second-order valence-electron chi connectivity index (χ2n) is 9.23. The lowest BCUT2D eigenvalue weighted by Gasteiger charge is -2.35. The van der Waals surface area contributed by atoms with Gasteiger partial charge in [-0.2, -0.15) is 5.10 Å². The van der Waals surface area contributed by atoms with Crippen molar-refractivity contribution in [2.75, 3.05) is 50.5 Å². The van der Waals surface area contributed by atoms with Crippen LogP contribution in [-0.4, -0.2) is 71.2 Å². The van der Waals surface area contributed by atoms with Crippen LogP contribution in [0.15, 0.2) is 54.6 Å². The van der Waals surface area contributed by atoms with Gasteiger partial charge < -0.3 is 20.3 Å². The van der Waals surface area contributed by atoms with Crippen LogP contribution in [0.1, 0.15) is 28.0 Å². The third kappa shape index (κ3) is 4.92. The number of carbonyl (C=O) groups is 2. The van der Waals surface area contributed by atoms with Crippen molar-refractivity contribution >= 4 is 23.3 Å². The van der Waals surface area contributed by atoms with E-state index in [9.17, 15) is 9.59 Å². The number of rotatable bonds is 7. The number of fused-ring (bicyclic) bond motifs is 1. The van der Waals surface area contributed by atoms with E-state index in [0.29, 0.717) is 44.1 Å². The fraction of sp³-hybridized carbons (Fsp3) is 0.370. The summed E-state index contributed by atoms with van der Waals surface area (Å²) < 4.78 is 6.84. The number of hydrogen-bond donors (Lipinski definition) is 1. The first-order valence-corrected chi connectivity index (χ1v) is 12.4. The van der Waals surface area contributed by atoms with Crippen LogP contribution in [0.3, 0.4) is 0 Å². The zero-order valence-corrected chi connectivity index (χ0v) is 20.6. The van der Waals surface area contributed by atoms with Crippen LogP contribution in [0.4, 0.5) is 11.5 Å². The van der Waals surface area contributed by atoms with Gasteiger partial charge in [0.2, 0.25) is 5.91 Å². The average Bonchev–Trinajstić information content (AvgIpc) is 3.24. The molecule has 0 radical (unpaired) electrons. The highest BCUT2D eigenvalue weighted by Gasteiger charge is 2.32. The van der Waals surface area contributed by atoms with E-state index in [2.05, 4.69) is 34.3 Å². The van der Waals surface area contributed by atoms with Crippen LogP contribution in [0.5, 0.6) is 5.75 Å². The predicted molar refractivity (Wildman–Crippen MR) is 138 cm³/mol. The lowest BCUT2D eigenvalue weighted by molar-refractivity contribution is -0.133. The molecule has 3 aromatic rings. The highest BCUT2D eigenvalue weighted by Crippen LogP contribution is 2.29. The van der Waals surface area contributed by atoms with E-state index in [4.69, 9.17) is 10.5 Å². The van der Waals surface area contributed by atoms with Gasteiger partial charge in [-0.15, -0.1) is 0 Å². The molecule has 9 nitrogen and oxygen atoms in total. The molecule has 5 rings (SSSR count). The van der Waals surface area contributed by atoms with Crippen LogP contribution in [0, 0.1) is 0 Å². The van der Waals surface area contributed by atoms with Crippen molar-refractivity contribution < 1.29 is 14.3 Å². The number of benzene rings is 2. The van der Waals surface area contributed by atoms with Gasteiger partial charge in [0.1, 0.15) is 17.3 Å². The van der Waals surface area contributed by atoms with Crippen molar-refractivity contribution in [3.8, 4) is 5.75 Å². The molecule has 2 N–H and O–H groups in total. The van der Waals surface area contributed by atoms with Gasteiger partial charge in [-0.1, -0.05) is 30.3 Å². The van der Waals surface area contributed by atoms with Gasteiger partial charge in [-0.25, -0.2) is 0 Å². The molecule has 2 aromatic carbocycles.